The van der Waals surface area contributed by atoms with Crippen LogP contribution in [0.3, 0.4) is 0 Å². The summed E-state index contributed by atoms with van der Waals surface area (Å²) in [7, 11) is 0. The lowest BCUT2D eigenvalue weighted by Gasteiger charge is -2.08. The Hall–Kier alpha value is -1.88. The van der Waals surface area contributed by atoms with Gasteiger partial charge in [-0.2, -0.15) is 5.10 Å². The Balaban J connectivity index is 1.89. The van der Waals surface area contributed by atoms with Gasteiger partial charge in [-0.25, -0.2) is 4.98 Å². The van der Waals surface area contributed by atoms with Crippen LogP contribution in [0, 0.1) is 0 Å². The van der Waals surface area contributed by atoms with Crippen LogP contribution >= 0.6 is 23.2 Å². The molecule has 0 bridgehead atoms. The SMILES string of the molecule is N[C@H](c1ccc(Cl)cc1)c1nc(-c2cccc(Cl)c2)n[nH]1. The zero-order valence-electron chi connectivity index (χ0n) is 10.9. The molecule has 0 amide bonds. The summed E-state index contributed by atoms with van der Waals surface area (Å²) in [5, 5.41) is 8.37. The summed E-state index contributed by atoms with van der Waals surface area (Å²) in [5.74, 6) is 1.16. The van der Waals surface area contributed by atoms with Crippen molar-refractivity contribution in [1.82, 2.24) is 15.2 Å². The summed E-state index contributed by atoms with van der Waals surface area (Å²) in [5.41, 5.74) is 7.94. The highest BCUT2D eigenvalue weighted by Crippen LogP contribution is 2.23. The van der Waals surface area contributed by atoms with Crippen LogP contribution in [0.4, 0.5) is 0 Å². The first-order valence-corrected chi connectivity index (χ1v) is 7.08. The molecule has 0 radical (unpaired) electrons. The number of nitrogens with zero attached hydrogens (tertiary/aromatic N) is 2. The first kappa shape index (κ1) is 14.1. The second kappa shape index (κ2) is 5.85. The number of aromatic nitrogens is 3. The van der Waals surface area contributed by atoms with Gasteiger partial charge in [-0.1, -0.05) is 47.5 Å². The molecule has 0 aliphatic rings. The summed E-state index contributed by atoms with van der Waals surface area (Å²) < 4.78 is 0. The van der Waals surface area contributed by atoms with E-state index in [-0.39, 0.29) is 6.04 Å². The van der Waals surface area contributed by atoms with Crippen LogP contribution in [0.5, 0.6) is 0 Å². The van der Waals surface area contributed by atoms with Gasteiger partial charge in [0.05, 0.1) is 6.04 Å². The minimum atomic E-state index is -0.386. The van der Waals surface area contributed by atoms with Crippen LogP contribution in [0.1, 0.15) is 17.4 Å². The van der Waals surface area contributed by atoms with Gasteiger partial charge in [-0.05, 0) is 29.8 Å². The molecule has 0 spiro atoms. The zero-order chi connectivity index (χ0) is 14.8. The number of halogens is 2. The average Bonchev–Trinajstić information content (AvgIpc) is 2.97. The number of benzene rings is 2. The average molecular weight is 319 g/mol. The molecule has 0 unspecified atom stereocenters. The van der Waals surface area contributed by atoms with Crippen LogP contribution in [0.2, 0.25) is 10.0 Å². The van der Waals surface area contributed by atoms with Crippen LogP contribution in [-0.4, -0.2) is 15.2 Å². The lowest BCUT2D eigenvalue weighted by molar-refractivity contribution is 0.787. The Labute approximate surface area is 131 Å². The molecule has 106 valence electrons. The number of nitrogens with two attached hydrogens (primary N) is 1. The summed E-state index contributed by atoms with van der Waals surface area (Å²) in [4.78, 5) is 4.44. The summed E-state index contributed by atoms with van der Waals surface area (Å²) in [6.45, 7) is 0. The summed E-state index contributed by atoms with van der Waals surface area (Å²) in [6.07, 6.45) is 0. The molecule has 21 heavy (non-hydrogen) atoms. The van der Waals surface area contributed by atoms with Crippen molar-refractivity contribution in [2.75, 3.05) is 0 Å². The maximum absolute atomic E-state index is 6.18. The van der Waals surface area contributed by atoms with E-state index in [1.807, 2.05) is 30.3 Å². The van der Waals surface area contributed by atoms with Crippen molar-refractivity contribution in [2.24, 2.45) is 5.73 Å². The number of nitrogens with one attached hydrogen (secondary N) is 1. The van der Waals surface area contributed by atoms with Gasteiger partial charge in [-0.3, -0.25) is 5.10 Å². The fourth-order valence-corrected chi connectivity index (χ4v) is 2.31. The first-order chi connectivity index (χ1) is 10.1. The molecule has 1 aromatic heterocycles. The molecule has 6 heteroatoms. The number of hydrogen-bond acceptors (Lipinski definition) is 3. The third kappa shape index (κ3) is 3.08. The van der Waals surface area contributed by atoms with E-state index in [9.17, 15) is 0 Å². The standard InChI is InChI=1S/C15H12Cl2N4/c16-11-6-4-9(5-7-11)13(18)15-19-14(20-21-15)10-2-1-3-12(17)8-10/h1-8,13H,18H2,(H,19,20,21)/t13-/m1/s1. The largest absolute Gasteiger partial charge is 0.318 e. The maximum Gasteiger partial charge on any atom is 0.181 e. The van der Waals surface area contributed by atoms with Gasteiger partial charge in [0, 0.05) is 15.6 Å². The Morgan fingerprint density at radius 3 is 2.48 bits per heavy atom. The minimum absolute atomic E-state index is 0.386. The topological polar surface area (TPSA) is 67.6 Å². The van der Waals surface area contributed by atoms with Gasteiger partial charge >= 0.3 is 0 Å². The van der Waals surface area contributed by atoms with E-state index in [2.05, 4.69) is 15.2 Å². The molecular weight excluding hydrogens is 307 g/mol. The highest BCUT2D eigenvalue weighted by molar-refractivity contribution is 6.31. The fraction of sp³-hybridized carbons (Fsp3) is 0.0667. The normalized spacial score (nSPS) is 12.3. The highest BCUT2D eigenvalue weighted by atomic mass is 35.5. The van der Waals surface area contributed by atoms with Gasteiger partial charge < -0.3 is 5.73 Å². The van der Waals surface area contributed by atoms with Crippen LogP contribution in [-0.2, 0) is 0 Å². The fourth-order valence-electron chi connectivity index (χ4n) is 2.00. The molecule has 3 N–H and O–H groups in total. The van der Waals surface area contributed by atoms with E-state index in [4.69, 9.17) is 28.9 Å². The zero-order valence-corrected chi connectivity index (χ0v) is 12.4. The maximum atomic E-state index is 6.18. The molecule has 0 aliphatic carbocycles. The van der Waals surface area contributed by atoms with E-state index < -0.39 is 0 Å². The van der Waals surface area contributed by atoms with Crippen LogP contribution < -0.4 is 5.73 Å². The van der Waals surface area contributed by atoms with Gasteiger partial charge in [0.1, 0.15) is 5.82 Å². The third-order valence-corrected chi connectivity index (χ3v) is 3.60. The minimum Gasteiger partial charge on any atom is -0.318 e. The quantitative estimate of drug-likeness (QED) is 0.771. The van der Waals surface area contributed by atoms with Crippen molar-refractivity contribution in [3.8, 4) is 11.4 Å². The van der Waals surface area contributed by atoms with E-state index in [1.54, 1.807) is 18.2 Å². The van der Waals surface area contributed by atoms with Gasteiger partial charge in [0.15, 0.2) is 5.82 Å². The second-order valence-electron chi connectivity index (χ2n) is 4.58. The molecule has 3 aromatic rings. The molecule has 4 nitrogen and oxygen atoms in total. The van der Waals surface area contributed by atoms with Gasteiger partial charge in [0.2, 0.25) is 0 Å². The molecule has 0 saturated carbocycles. The predicted octanol–water partition coefficient (Wildman–Crippen LogP) is 3.83. The van der Waals surface area contributed by atoms with Crippen molar-refractivity contribution < 1.29 is 0 Å². The van der Waals surface area contributed by atoms with Gasteiger partial charge in [0.25, 0.3) is 0 Å². The summed E-state index contributed by atoms with van der Waals surface area (Å²) >= 11 is 11.8. The van der Waals surface area contributed by atoms with Crippen molar-refractivity contribution in [3.63, 3.8) is 0 Å². The second-order valence-corrected chi connectivity index (χ2v) is 5.46. The summed E-state index contributed by atoms with van der Waals surface area (Å²) in [6, 6.07) is 14.3. The van der Waals surface area contributed by atoms with E-state index in [0.29, 0.717) is 21.7 Å². The van der Waals surface area contributed by atoms with Crippen molar-refractivity contribution in [1.29, 1.82) is 0 Å². The number of H-pyrrole nitrogens is 1. The number of rotatable bonds is 3. The predicted molar refractivity (Wildman–Crippen MR) is 84.3 cm³/mol. The Kier molecular flexibility index (Phi) is 3.92. The Morgan fingerprint density at radius 1 is 1.00 bits per heavy atom. The molecule has 0 aliphatic heterocycles. The van der Waals surface area contributed by atoms with Crippen molar-refractivity contribution in [2.45, 2.75) is 6.04 Å². The monoisotopic (exact) mass is 318 g/mol. The highest BCUT2D eigenvalue weighted by Gasteiger charge is 2.14. The molecule has 0 fully saturated rings. The lowest BCUT2D eigenvalue weighted by atomic mass is 10.1. The Morgan fingerprint density at radius 2 is 1.76 bits per heavy atom. The van der Waals surface area contributed by atoms with Crippen molar-refractivity contribution in [3.05, 3.63) is 70.0 Å². The van der Waals surface area contributed by atoms with Crippen molar-refractivity contribution >= 4 is 23.2 Å². The van der Waals surface area contributed by atoms with Crippen LogP contribution in [0.25, 0.3) is 11.4 Å². The molecule has 1 atom stereocenters. The molecular formula is C15H12Cl2N4. The lowest BCUT2D eigenvalue weighted by Crippen LogP contribution is -2.13. The van der Waals surface area contributed by atoms with Crippen LogP contribution in [0.15, 0.2) is 48.5 Å². The van der Waals surface area contributed by atoms with E-state index >= 15 is 0 Å². The third-order valence-electron chi connectivity index (χ3n) is 3.11. The Bertz CT molecular complexity index is 752. The first-order valence-electron chi connectivity index (χ1n) is 6.33. The molecule has 3 rings (SSSR count). The van der Waals surface area contributed by atoms with Gasteiger partial charge in [-0.15, -0.1) is 0 Å². The number of hydrogen-bond donors (Lipinski definition) is 2. The molecule has 1 heterocycles. The molecule has 0 saturated heterocycles. The smallest absolute Gasteiger partial charge is 0.181 e. The van der Waals surface area contributed by atoms with E-state index in [0.717, 1.165) is 11.1 Å². The molecule has 2 aromatic carbocycles. The van der Waals surface area contributed by atoms with E-state index in [1.165, 1.54) is 0 Å². The number of aromatic amines is 1.